The minimum atomic E-state index is 0.453. The summed E-state index contributed by atoms with van der Waals surface area (Å²) >= 11 is 11.8. The van der Waals surface area contributed by atoms with E-state index < -0.39 is 0 Å². The van der Waals surface area contributed by atoms with Crippen molar-refractivity contribution in [2.75, 3.05) is 6.54 Å². The lowest BCUT2D eigenvalue weighted by atomic mass is 10.2. The molecule has 0 amide bonds. The Labute approximate surface area is 128 Å². The third kappa shape index (κ3) is 4.27. The largest absolute Gasteiger partial charge is 0.489 e. The molecule has 2 aromatic rings. The van der Waals surface area contributed by atoms with E-state index >= 15 is 0 Å². The van der Waals surface area contributed by atoms with Crippen LogP contribution in [0.2, 0.25) is 10.0 Å². The molecule has 0 aliphatic heterocycles. The van der Waals surface area contributed by atoms with Crippen molar-refractivity contribution in [1.82, 2.24) is 0 Å². The van der Waals surface area contributed by atoms with Crippen LogP contribution < -0.4 is 10.5 Å². The molecule has 0 aliphatic carbocycles. The molecule has 4 heteroatoms. The van der Waals surface area contributed by atoms with Gasteiger partial charge in [0.1, 0.15) is 12.4 Å². The Kier molecular flexibility index (Phi) is 5.48. The van der Waals surface area contributed by atoms with Crippen LogP contribution >= 0.6 is 23.2 Å². The van der Waals surface area contributed by atoms with Gasteiger partial charge < -0.3 is 10.5 Å². The second kappa shape index (κ2) is 7.34. The molecular formula is C16H15Cl2NO. The Hall–Kier alpha value is -1.48. The van der Waals surface area contributed by atoms with Gasteiger partial charge in [-0.3, -0.25) is 0 Å². The molecule has 0 saturated heterocycles. The van der Waals surface area contributed by atoms with E-state index in [1.165, 1.54) is 0 Å². The van der Waals surface area contributed by atoms with Crippen molar-refractivity contribution in [1.29, 1.82) is 0 Å². The highest BCUT2D eigenvalue weighted by atomic mass is 35.5. The zero-order chi connectivity index (χ0) is 14.4. The summed E-state index contributed by atoms with van der Waals surface area (Å²) in [5.74, 6) is 0.806. The summed E-state index contributed by atoms with van der Waals surface area (Å²) in [5.41, 5.74) is 7.48. The maximum atomic E-state index is 5.96. The van der Waals surface area contributed by atoms with Crippen LogP contribution in [0.5, 0.6) is 5.75 Å². The second-order valence-electron chi connectivity index (χ2n) is 4.24. The number of benzene rings is 2. The minimum absolute atomic E-state index is 0.453. The van der Waals surface area contributed by atoms with E-state index in [-0.39, 0.29) is 0 Å². The molecule has 0 fully saturated rings. The van der Waals surface area contributed by atoms with Crippen LogP contribution in [0.1, 0.15) is 11.1 Å². The van der Waals surface area contributed by atoms with Gasteiger partial charge in [-0.25, -0.2) is 0 Å². The van der Waals surface area contributed by atoms with Crippen molar-refractivity contribution in [3.05, 3.63) is 69.7 Å². The maximum Gasteiger partial charge on any atom is 0.119 e. The van der Waals surface area contributed by atoms with Gasteiger partial charge in [0.2, 0.25) is 0 Å². The van der Waals surface area contributed by atoms with Gasteiger partial charge in [-0.2, -0.15) is 0 Å². The molecule has 2 aromatic carbocycles. The first-order chi connectivity index (χ1) is 9.69. The average molecular weight is 308 g/mol. The lowest BCUT2D eigenvalue weighted by molar-refractivity contribution is 0.306. The van der Waals surface area contributed by atoms with Gasteiger partial charge in [-0.05, 0) is 35.4 Å². The molecule has 2 rings (SSSR count). The summed E-state index contributed by atoms with van der Waals surface area (Å²) in [4.78, 5) is 0. The van der Waals surface area contributed by atoms with Crippen LogP contribution in [-0.4, -0.2) is 6.54 Å². The number of hydrogen-bond donors (Lipinski definition) is 1. The number of rotatable bonds is 5. The number of hydrogen-bond acceptors (Lipinski definition) is 2. The summed E-state index contributed by atoms with van der Waals surface area (Å²) in [5, 5.41) is 1.08. The first-order valence-corrected chi connectivity index (χ1v) is 6.98. The second-order valence-corrected chi connectivity index (χ2v) is 5.06. The Balaban J connectivity index is 1.96. The van der Waals surface area contributed by atoms with Crippen molar-refractivity contribution in [3.63, 3.8) is 0 Å². The highest BCUT2D eigenvalue weighted by Gasteiger charge is 2.00. The molecule has 2 nitrogen and oxygen atoms in total. The van der Waals surface area contributed by atoms with Crippen LogP contribution in [0, 0.1) is 0 Å². The molecule has 20 heavy (non-hydrogen) atoms. The van der Waals surface area contributed by atoms with E-state index in [1.807, 2.05) is 48.6 Å². The van der Waals surface area contributed by atoms with Gasteiger partial charge in [0.15, 0.2) is 0 Å². The fraction of sp³-hybridized carbons (Fsp3) is 0.125. The molecule has 0 spiro atoms. The molecule has 0 saturated carbocycles. The predicted octanol–water partition coefficient (Wildman–Crippen LogP) is 4.54. The van der Waals surface area contributed by atoms with Crippen molar-refractivity contribution >= 4 is 29.3 Å². The lowest BCUT2D eigenvalue weighted by Crippen LogP contribution is -1.95. The normalized spacial score (nSPS) is 10.9. The molecular weight excluding hydrogens is 293 g/mol. The van der Waals surface area contributed by atoms with E-state index in [2.05, 4.69) is 0 Å². The average Bonchev–Trinajstić information content (AvgIpc) is 2.47. The molecule has 0 heterocycles. The zero-order valence-electron chi connectivity index (χ0n) is 10.9. The number of ether oxygens (including phenoxy) is 1. The molecule has 104 valence electrons. The Morgan fingerprint density at radius 3 is 2.40 bits per heavy atom. The SMILES string of the molecule is NCC=Cc1ccc(OCc2ccc(Cl)c(Cl)c2)cc1. The van der Waals surface area contributed by atoms with Gasteiger partial charge in [-0.1, -0.05) is 53.6 Å². The minimum Gasteiger partial charge on any atom is -0.489 e. The van der Waals surface area contributed by atoms with Gasteiger partial charge in [0, 0.05) is 6.54 Å². The van der Waals surface area contributed by atoms with Crippen molar-refractivity contribution in [3.8, 4) is 5.75 Å². The summed E-state index contributed by atoms with van der Waals surface area (Å²) < 4.78 is 5.70. The Bertz CT molecular complexity index is 594. The van der Waals surface area contributed by atoms with Crippen molar-refractivity contribution in [2.24, 2.45) is 5.73 Å². The van der Waals surface area contributed by atoms with Crippen LogP contribution in [0.3, 0.4) is 0 Å². The lowest BCUT2D eigenvalue weighted by Gasteiger charge is -2.07. The molecule has 0 aromatic heterocycles. The van der Waals surface area contributed by atoms with Gasteiger partial charge >= 0.3 is 0 Å². The van der Waals surface area contributed by atoms with Gasteiger partial charge in [0.25, 0.3) is 0 Å². The highest BCUT2D eigenvalue weighted by molar-refractivity contribution is 6.42. The smallest absolute Gasteiger partial charge is 0.119 e. The van der Waals surface area contributed by atoms with Crippen LogP contribution in [0.4, 0.5) is 0 Å². The fourth-order valence-electron chi connectivity index (χ4n) is 1.68. The first-order valence-electron chi connectivity index (χ1n) is 6.22. The standard InChI is InChI=1S/C16H15Cl2NO/c17-15-8-5-13(10-16(15)18)11-20-14-6-3-12(4-7-14)2-1-9-19/h1-8,10H,9,11,19H2. The third-order valence-electron chi connectivity index (χ3n) is 2.72. The number of nitrogens with two attached hydrogens (primary N) is 1. The predicted molar refractivity (Wildman–Crippen MR) is 85.3 cm³/mol. The molecule has 0 radical (unpaired) electrons. The Morgan fingerprint density at radius 1 is 1.00 bits per heavy atom. The molecule has 0 unspecified atom stereocenters. The van der Waals surface area contributed by atoms with E-state index in [4.69, 9.17) is 33.7 Å². The van der Waals surface area contributed by atoms with Crippen LogP contribution in [-0.2, 0) is 6.61 Å². The third-order valence-corrected chi connectivity index (χ3v) is 3.46. The topological polar surface area (TPSA) is 35.2 Å². The molecule has 2 N–H and O–H groups in total. The molecule has 0 atom stereocenters. The number of halogens is 2. The van der Waals surface area contributed by atoms with E-state index in [9.17, 15) is 0 Å². The molecule has 0 bridgehead atoms. The summed E-state index contributed by atoms with van der Waals surface area (Å²) in [7, 11) is 0. The summed E-state index contributed by atoms with van der Waals surface area (Å²) in [6, 6.07) is 13.3. The van der Waals surface area contributed by atoms with Crippen molar-refractivity contribution < 1.29 is 4.74 Å². The van der Waals surface area contributed by atoms with Crippen molar-refractivity contribution in [2.45, 2.75) is 6.61 Å². The van der Waals surface area contributed by atoms with Crippen LogP contribution in [0.25, 0.3) is 6.08 Å². The van der Waals surface area contributed by atoms with E-state index in [0.717, 1.165) is 16.9 Å². The van der Waals surface area contributed by atoms with Gasteiger partial charge in [0.05, 0.1) is 10.0 Å². The maximum absolute atomic E-state index is 5.96. The quantitative estimate of drug-likeness (QED) is 0.880. The summed E-state index contributed by atoms with van der Waals surface area (Å²) in [6.07, 6.45) is 3.88. The van der Waals surface area contributed by atoms with Crippen LogP contribution in [0.15, 0.2) is 48.5 Å². The Morgan fingerprint density at radius 2 is 1.75 bits per heavy atom. The highest BCUT2D eigenvalue weighted by Crippen LogP contribution is 2.23. The van der Waals surface area contributed by atoms with E-state index in [0.29, 0.717) is 23.2 Å². The van der Waals surface area contributed by atoms with E-state index in [1.54, 1.807) is 6.07 Å². The first kappa shape index (κ1) is 14.9. The zero-order valence-corrected chi connectivity index (χ0v) is 12.4. The summed E-state index contributed by atoms with van der Waals surface area (Å²) in [6.45, 7) is 0.991. The molecule has 0 aliphatic rings. The fourth-order valence-corrected chi connectivity index (χ4v) is 2.00. The van der Waals surface area contributed by atoms with Gasteiger partial charge in [-0.15, -0.1) is 0 Å². The monoisotopic (exact) mass is 307 g/mol.